The van der Waals surface area contributed by atoms with Gasteiger partial charge in [-0.25, -0.2) is 0 Å². The summed E-state index contributed by atoms with van der Waals surface area (Å²) in [5.41, 5.74) is 2.55. The third-order valence-electron chi connectivity index (χ3n) is 2.49. The van der Waals surface area contributed by atoms with Gasteiger partial charge in [-0.05, 0) is 44.3 Å². The molecule has 82 valence electrons. The third kappa shape index (κ3) is 2.23. The van der Waals surface area contributed by atoms with Crippen LogP contribution in [0.2, 0.25) is 0 Å². The van der Waals surface area contributed by atoms with E-state index in [0.29, 0.717) is 13.2 Å². The van der Waals surface area contributed by atoms with Gasteiger partial charge >= 0.3 is 0 Å². The van der Waals surface area contributed by atoms with E-state index in [1.54, 1.807) is 0 Å². The Kier molecular flexibility index (Phi) is 2.82. The van der Waals surface area contributed by atoms with Crippen molar-refractivity contribution in [2.75, 3.05) is 27.3 Å². The summed E-state index contributed by atoms with van der Waals surface area (Å²) in [6.45, 7) is 4.34. The van der Waals surface area contributed by atoms with Crippen molar-refractivity contribution in [3.63, 3.8) is 0 Å². The molecule has 1 aliphatic heterocycles. The summed E-state index contributed by atoms with van der Waals surface area (Å²) in [6, 6.07) is 4.15. The van der Waals surface area contributed by atoms with Gasteiger partial charge in [-0.2, -0.15) is 0 Å². The zero-order chi connectivity index (χ0) is 10.8. The van der Waals surface area contributed by atoms with Crippen molar-refractivity contribution >= 4 is 0 Å². The van der Waals surface area contributed by atoms with Gasteiger partial charge in [-0.15, -0.1) is 0 Å². The van der Waals surface area contributed by atoms with E-state index in [-0.39, 0.29) is 0 Å². The molecule has 0 saturated carbocycles. The number of rotatable bonds is 2. The number of hydrogen-bond donors (Lipinski definition) is 0. The first-order valence-electron chi connectivity index (χ1n) is 5.20. The number of fused-ring (bicyclic) bond motifs is 1. The molecule has 1 aliphatic rings. The average molecular weight is 207 g/mol. The molecular weight excluding hydrogens is 190 g/mol. The second kappa shape index (κ2) is 4.11. The number of ether oxygens (including phenoxy) is 2. The van der Waals surface area contributed by atoms with E-state index in [1.807, 2.05) is 0 Å². The summed E-state index contributed by atoms with van der Waals surface area (Å²) in [4.78, 5) is 2.15. The quantitative estimate of drug-likeness (QED) is 0.738. The van der Waals surface area contributed by atoms with E-state index in [0.717, 1.165) is 18.0 Å². The van der Waals surface area contributed by atoms with Crippen molar-refractivity contribution in [2.24, 2.45) is 0 Å². The number of nitrogens with zero attached hydrogens (tertiary/aromatic N) is 1. The molecule has 3 heteroatoms. The number of benzene rings is 1. The Morgan fingerprint density at radius 3 is 2.33 bits per heavy atom. The van der Waals surface area contributed by atoms with E-state index >= 15 is 0 Å². The summed E-state index contributed by atoms with van der Waals surface area (Å²) in [5.74, 6) is 1.75. The lowest BCUT2D eigenvalue weighted by Crippen LogP contribution is -2.17. The van der Waals surface area contributed by atoms with Crippen molar-refractivity contribution in [3.8, 4) is 11.5 Å². The van der Waals surface area contributed by atoms with Gasteiger partial charge in [0.15, 0.2) is 11.5 Å². The Hall–Kier alpha value is -1.22. The van der Waals surface area contributed by atoms with E-state index in [2.05, 4.69) is 38.1 Å². The lowest BCUT2D eigenvalue weighted by atomic mass is 10.1. The van der Waals surface area contributed by atoms with Crippen LogP contribution in [-0.2, 0) is 6.54 Å². The standard InChI is InChI=1S/C12H17NO2/c1-9-6-11-12(15-5-4-14-11)7-10(9)8-13(2)3/h6-7H,4-5,8H2,1-3H3. The molecule has 3 nitrogen and oxygen atoms in total. The van der Waals surface area contributed by atoms with E-state index in [1.165, 1.54) is 11.1 Å². The van der Waals surface area contributed by atoms with Gasteiger partial charge in [0.25, 0.3) is 0 Å². The summed E-state index contributed by atoms with van der Waals surface area (Å²) >= 11 is 0. The average Bonchev–Trinajstić information content (AvgIpc) is 2.18. The molecule has 0 saturated heterocycles. The molecule has 0 aromatic heterocycles. The molecule has 0 atom stereocenters. The van der Waals surface area contributed by atoms with Gasteiger partial charge in [0.1, 0.15) is 13.2 Å². The fraction of sp³-hybridized carbons (Fsp3) is 0.500. The van der Waals surface area contributed by atoms with Crippen molar-refractivity contribution < 1.29 is 9.47 Å². The Balaban J connectivity index is 2.32. The normalized spacial score (nSPS) is 14.4. The molecule has 1 heterocycles. The van der Waals surface area contributed by atoms with Crippen molar-refractivity contribution in [1.82, 2.24) is 4.90 Å². The second-order valence-electron chi connectivity index (χ2n) is 4.16. The molecule has 0 amide bonds. The summed E-state index contributed by atoms with van der Waals surface area (Å²) in [5, 5.41) is 0. The highest BCUT2D eigenvalue weighted by Gasteiger charge is 2.14. The maximum Gasteiger partial charge on any atom is 0.161 e. The summed E-state index contributed by atoms with van der Waals surface area (Å²) < 4.78 is 11.1. The zero-order valence-corrected chi connectivity index (χ0v) is 9.54. The molecule has 15 heavy (non-hydrogen) atoms. The van der Waals surface area contributed by atoms with Crippen LogP contribution in [0.1, 0.15) is 11.1 Å². The third-order valence-corrected chi connectivity index (χ3v) is 2.49. The Bertz CT molecular complexity index is 361. The Morgan fingerprint density at radius 2 is 1.73 bits per heavy atom. The molecule has 2 rings (SSSR count). The molecule has 1 aromatic rings. The van der Waals surface area contributed by atoms with Crippen LogP contribution in [0.5, 0.6) is 11.5 Å². The second-order valence-corrected chi connectivity index (χ2v) is 4.16. The number of hydrogen-bond acceptors (Lipinski definition) is 3. The number of aryl methyl sites for hydroxylation is 1. The molecule has 0 aliphatic carbocycles. The highest BCUT2D eigenvalue weighted by molar-refractivity contribution is 5.47. The Morgan fingerprint density at radius 1 is 1.13 bits per heavy atom. The molecule has 0 bridgehead atoms. The van der Waals surface area contributed by atoms with Gasteiger partial charge in [-0.1, -0.05) is 0 Å². The maximum absolute atomic E-state index is 5.56. The molecule has 0 fully saturated rings. The largest absolute Gasteiger partial charge is 0.486 e. The molecule has 0 radical (unpaired) electrons. The minimum absolute atomic E-state index is 0.650. The van der Waals surface area contributed by atoms with Crippen LogP contribution in [0, 0.1) is 6.92 Å². The van der Waals surface area contributed by atoms with E-state index < -0.39 is 0 Å². The minimum Gasteiger partial charge on any atom is -0.486 e. The van der Waals surface area contributed by atoms with Gasteiger partial charge in [0, 0.05) is 6.54 Å². The maximum atomic E-state index is 5.56. The highest BCUT2D eigenvalue weighted by Crippen LogP contribution is 2.33. The molecule has 1 aromatic carbocycles. The SMILES string of the molecule is Cc1cc2c(cc1CN(C)C)OCCO2. The van der Waals surface area contributed by atoms with Crippen LogP contribution in [0.15, 0.2) is 12.1 Å². The first-order chi connectivity index (χ1) is 7.16. The minimum atomic E-state index is 0.650. The first kappa shape index (κ1) is 10.3. The van der Waals surface area contributed by atoms with Crippen molar-refractivity contribution in [2.45, 2.75) is 13.5 Å². The monoisotopic (exact) mass is 207 g/mol. The zero-order valence-electron chi connectivity index (χ0n) is 9.54. The fourth-order valence-corrected chi connectivity index (χ4v) is 1.74. The van der Waals surface area contributed by atoms with Gasteiger partial charge in [-0.3, -0.25) is 0 Å². The predicted molar refractivity (Wildman–Crippen MR) is 59.6 cm³/mol. The van der Waals surface area contributed by atoms with Crippen LogP contribution >= 0.6 is 0 Å². The summed E-state index contributed by atoms with van der Waals surface area (Å²) in [7, 11) is 4.13. The van der Waals surface area contributed by atoms with Gasteiger partial charge in [0.05, 0.1) is 0 Å². The smallest absolute Gasteiger partial charge is 0.161 e. The molecular formula is C12H17NO2. The molecule has 0 spiro atoms. The van der Waals surface area contributed by atoms with Crippen LogP contribution in [-0.4, -0.2) is 32.2 Å². The van der Waals surface area contributed by atoms with Crippen LogP contribution in [0.25, 0.3) is 0 Å². The predicted octanol–water partition coefficient (Wildman–Crippen LogP) is 1.83. The van der Waals surface area contributed by atoms with Crippen LogP contribution < -0.4 is 9.47 Å². The van der Waals surface area contributed by atoms with Gasteiger partial charge in [0.2, 0.25) is 0 Å². The highest BCUT2D eigenvalue weighted by atomic mass is 16.6. The van der Waals surface area contributed by atoms with E-state index in [4.69, 9.17) is 9.47 Å². The van der Waals surface area contributed by atoms with Crippen molar-refractivity contribution in [1.29, 1.82) is 0 Å². The fourth-order valence-electron chi connectivity index (χ4n) is 1.74. The summed E-state index contributed by atoms with van der Waals surface area (Å²) in [6.07, 6.45) is 0. The topological polar surface area (TPSA) is 21.7 Å². The van der Waals surface area contributed by atoms with Crippen LogP contribution in [0.4, 0.5) is 0 Å². The lowest BCUT2D eigenvalue weighted by molar-refractivity contribution is 0.171. The van der Waals surface area contributed by atoms with Gasteiger partial charge < -0.3 is 14.4 Å². The lowest BCUT2D eigenvalue weighted by Gasteiger charge is -2.21. The van der Waals surface area contributed by atoms with Crippen molar-refractivity contribution in [3.05, 3.63) is 23.3 Å². The van der Waals surface area contributed by atoms with E-state index in [9.17, 15) is 0 Å². The molecule has 0 N–H and O–H groups in total. The Labute approximate surface area is 90.6 Å². The molecule has 0 unspecified atom stereocenters. The van der Waals surface area contributed by atoms with Crippen LogP contribution in [0.3, 0.4) is 0 Å². The first-order valence-corrected chi connectivity index (χ1v) is 5.20.